The summed E-state index contributed by atoms with van der Waals surface area (Å²) < 4.78 is 7.66. The van der Waals surface area contributed by atoms with Crippen LogP contribution in [0.25, 0.3) is 5.69 Å². The minimum absolute atomic E-state index is 0.0415. The molecule has 1 aliphatic heterocycles. The minimum atomic E-state index is -0.149. The van der Waals surface area contributed by atoms with Gasteiger partial charge >= 0.3 is 0 Å². The summed E-state index contributed by atoms with van der Waals surface area (Å²) in [5.74, 6) is 0.890. The molecule has 138 valence electrons. The molecular formula is C22H23N3O2. The molecule has 1 aliphatic rings. The van der Waals surface area contributed by atoms with E-state index in [0.717, 1.165) is 28.3 Å². The predicted octanol–water partition coefficient (Wildman–Crippen LogP) is 4.10. The molecule has 1 amide bonds. The van der Waals surface area contributed by atoms with Gasteiger partial charge in [0.25, 0.3) is 5.91 Å². The largest absolute Gasteiger partial charge is 0.494 e. The molecule has 0 N–H and O–H groups in total. The van der Waals surface area contributed by atoms with Crippen LogP contribution in [0.2, 0.25) is 0 Å². The van der Waals surface area contributed by atoms with Gasteiger partial charge in [0.05, 0.1) is 17.9 Å². The highest BCUT2D eigenvalue weighted by molar-refractivity contribution is 6.01. The van der Waals surface area contributed by atoms with Gasteiger partial charge in [0.2, 0.25) is 0 Å². The van der Waals surface area contributed by atoms with Crippen LogP contribution in [0, 0.1) is 0 Å². The van der Waals surface area contributed by atoms with Crippen molar-refractivity contribution in [3.05, 3.63) is 78.1 Å². The summed E-state index contributed by atoms with van der Waals surface area (Å²) in [7, 11) is 3.88. The maximum Gasteiger partial charge on any atom is 0.257 e. The van der Waals surface area contributed by atoms with E-state index in [4.69, 9.17) is 4.74 Å². The van der Waals surface area contributed by atoms with Crippen molar-refractivity contribution < 1.29 is 9.53 Å². The third kappa shape index (κ3) is 2.95. The Hall–Kier alpha value is -3.21. The van der Waals surface area contributed by atoms with Crippen molar-refractivity contribution in [2.75, 3.05) is 25.6 Å². The topological polar surface area (TPSA) is 37.7 Å². The second kappa shape index (κ2) is 6.83. The summed E-state index contributed by atoms with van der Waals surface area (Å²) in [4.78, 5) is 16.8. The first kappa shape index (κ1) is 17.2. The van der Waals surface area contributed by atoms with Crippen LogP contribution in [0.1, 0.15) is 29.0 Å². The van der Waals surface area contributed by atoms with Gasteiger partial charge in [-0.2, -0.15) is 0 Å². The van der Waals surface area contributed by atoms with Crippen LogP contribution in [0.3, 0.4) is 0 Å². The van der Waals surface area contributed by atoms with Crippen LogP contribution in [0.5, 0.6) is 5.75 Å². The molecule has 1 aromatic heterocycles. The maximum atomic E-state index is 12.8. The molecule has 0 aliphatic carbocycles. The van der Waals surface area contributed by atoms with E-state index in [1.54, 1.807) is 4.90 Å². The summed E-state index contributed by atoms with van der Waals surface area (Å²) in [5, 5.41) is 0. The lowest BCUT2D eigenvalue weighted by Crippen LogP contribution is -2.45. The fourth-order valence-corrected chi connectivity index (χ4v) is 3.73. The van der Waals surface area contributed by atoms with Crippen molar-refractivity contribution in [1.29, 1.82) is 0 Å². The van der Waals surface area contributed by atoms with E-state index >= 15 is 0 Å². The van der Waals surface area contributed by atoms with E-state index in [1.807, 2.05) is 75.7 Å². The quantitative estimate of drug-likeness (QED) is 0.702. The van der Waals surface area contributed by atoms with Crippen molar-refractivity contribution in [3.63, 3.8) is 0 Å². The van der Waals surface area contributed by atoms with Crippen molar-refractivity contribution in [1.82, 2.24) is 9.47 Å². The number of amides is 1. The molecule has 5 nitrogen and oxygen atoms in total. The summed E-state index contributed by atoms with van der Waals surface area (Å²) in [6, 6.07) is 17.8. The number of carbonyl (C=O) groups excluding carboxylic acids is 1. The Morgan fingerprint density at radius 2 is 1.81 bits per heavy atom. The third-order valence-electron chi connectivity index (χ3n) is 5.01. The number of carbonyl (C=O) groups is 1. The molecule has 0 saturated heterocycles. The molecule has 1 atom stereocenters. The average Bonchev–Trinajstić information content (AvgIpc) is 3.17. The number of ether oxygens (including phenoxy) is 1. The zero-order valence-electron chi connectivity index (χ0n) is 15.8. The van der Waals surface area contributed by atoms with Crippen molar-refractivity contribution in [3.8, 4) is 11.4 Å². The lowest BCUT2D eigenvalue weighted by molar-refractivity contribution is 0.0711. The molecule has 0 saturated carbocycles. The summed E-state index contributed by atoms with van der Waals surface area (Å²) >= 11 is 0. The molecule has 5 heteroatoms. The molecule has 0 spiro atoms. The first-order chi connectivity index (χ1) is 13.1. The number of fused-ring (bicyclic) bond motifs is 1. The first-order valence-corrected chi connectivity index (χ1v) is 9.10. The molecule has 3 aromatic rings. The van der Waals surface area contributed by atoms with E-state index in [9.17, 15) is 4.79 Å². The third-order valence-corrected chi connectivity index (χ3v) is 5.01. The number of para-hydroxylation sites is 1. The number of hydrogen-bond donors (Lipinski definition) is 0. The van der Waals surface area contributed by atoms with Crippen LogP contribution in [0.15, 0.2) is 67.0 Å². The highest BCUT2D eigenvalue weighted by Crippen LogP contribution is 2.36. The first-order valence-electron chi connectivity index (χ1n) is 9.10. The normalized spacial score (nSPS) is 16.4. The van der Waals surface area contributed by atoms with Crippen molar-refractivity contribution >= 4 is 11.6 Å². The van der Waals surface area contributed by atoms with Crippen LogP contribution < -0.4 is 9.64 Å². The lowest BCUT2D eigenvalue weighted by Gasteiger charge is -2.41. The standard InChI is InChI=1S/C22H23N3O2/c1-4-27-18-9-7-8-17(14-18)25-13-12-16(15-25)21-23(2)20-11-6-5-10-19(20)22(26)24(21)3/h5-15,21H,4H2,1-3H3/t21-/m0/s1. The number of hydrogen-bond acceptors (Lipinski definition) is 3. The lowest BCUT2D eigenvalue weighted by atomic mass is 10.0. The van der Waals surface area contributed by atoms with E-state index in [-0.39, 0.29) is 12.1 Å². The van der Waals surface area contributed by atoms with Gasteiger partial charge in [-0.25, -0.2) is 0 Å². The Labute approximate surface area is 159 Å². The predicted molar refractivity (Wildman–Crippen MR) is 107 cm³/mol. The molecule has 4 rings (SSSR count). The SMILES string of the molecule is CCOc1cccc(-n2ccc([C@@H]3N(C)C(=O)c4ccccc4N3C)c2)c1. The number of benzene rings is 2. The zero-order chi connectivity index (χ0) is 19.0. The van der Waals surface area contributed by atoms with Gasteiger partial charge in [0.15, 0.2) is 0 Å². The summed E-state index contributed by atoms with van der Waals surface area (Å²) in [6.45, 7) is 2.61. The van der Waals surface area contributed by atoms with Gasteiger partial charge in [0, 0.05) is 43.8 Å². The molecule has 0 bridgehead atoms. The van der Waals surface area contributed by atoms with Gasteiger partial charge in [-0.15, -0.1) is 0 Å². The van der Waals surface area contributed by atoms with Gasteiger partial charge in [-0.3, -0.25) is 4.79 Å². The summed E-state index contributed by atoms with van der Waals surface area (Å²) in [5.41, 5.74) is 3.78. The molecule has 0 radical (unpaired) electrons. The molecule has 0 unspecified atom stereocenters. The van der Waals surface area contributed by atoms with Gasteiger partial charge in [-0.05, 0) is 37.3 Å². The average molecular weight is 361 g/mol. The Morgan fingerprint density at radius 1 is 1.00 bits per heavy atom. The Kier molecular flexibility index (Phi) is 4.36. The molecule has 2 aromatic carbocycles. The second-order valence-corrected chi connectivity index (χ2v) is 6.70. The van der Waals surface area contributed by atoms with Crippen molar-refractivity contribution in [2.45, 2.75) is 13.1 Å². The Bertz CT molecular complexity index is 979. The van der Waals surface area contributed by atoms with Gasteiger partial charge in [0.1, 0.15) is 11.9 Å². The monoisotopic (exact) mass is 361 g/mol. The van der Waals surface area contributed by atoms with E-state index in [0.29, 0.717) is 6.61 Å². The second-order valence-electron chi connectivity index (χ2n) is 6.70. The molecule has 2 heterocycles. The fourth-order valence-electron chi connectivity index (χ4n) is 3.73. The fraction of sp³-hybridized carbons (Fsp3) is 0.227. The highest BCUT2D eigenvalue weighted by atomic mass is 16.5. The number of aromatic nitrogens is 1. The van der Waals surface area contributed by atoms with E-state index in [2.05, 4.69) is 21.7 Å². The summed E-state index contributed by atoms with van der Waals surface area (Å²) in [6.07, 6.45) is 3.94. The van der Waals surface area contributed by atoms with Crippen LogP contribution in [-0.4, -0.2) is 36.1 Å². The van der Waals surface area contributed by atoms with Gasteiger partial charge < -0.3 is 19.1 Å². The Morgan fingerprint density at radius 3 is 2.63 bits per heavy atom. The van der Waals surface area contributed by atoms with Crippen molar-refractivity contribution in [2.24, 2.45) is 0 Å². The van der Waals surface area contributed by atoms with Crippen LogP contribution >= 0.6 is 0 Å². The molecule has 27 heavy (non-hydrogen) atoms. The van der Waals surface area contributed by atoms with E-state index in [1.165, 1.54) is 0 Å². The number of nitrogens with zero attached hydrogens (tertiary/aromatic N) is 3. The Balaban J connectivity index is 1.69. The number of rotatable bonds is 4. The smallest absolute Gasteiger partial charge is 0.257 e. The van der Waals surface area contributed by atoms with Crippen LogP contribution in [-0.2, 0) is 0 Å². The maximum absolute atomic E-state index is 12.8. The zero-order valence-corrected chi connectivity index (χ0v) is 15.8. The number of anilines is 1. The molecule has 0 fully saturated rings. The van der Waals surface area contributed by atoms with E-state index < -0.39 is 0 Å². The molecular weight excluding hydrogens is 338 g/mol. The van der Waals surface area contributed by atoms with Crippen LogP contribution in [0.4, 0.5) is 5.69 Å². The minimum Gasteiger partial charge on any atom is -0.494 e. The van der Waals surface area contributed by atoms with Gasteiger partial charge in [-0.1, -0.05) is 18.2 Å². The highest BCUT2D eigenvalue weighted by Gasteiger charge is 2.34.